The van der Waals surface area contributed by atoms with Crippen LogP contribution in [-0.4, -0.2) is 213 Å². The van der Waals surface area contributed by atoms with Crippen molar-refractivity contribution in [1.82, 2.24) is 38.2 Å². The first-order valence-electron chi connectivity index (χ1n) is 28.9. The Labute approximate surface area is 581 Å². The van der Waals surface area contributed by atoms with Crippen LogP contribution in [0.25, 0.3) is 0 Å². The number of nitrogens with zero attached hydrogens (tertiary/aromatic N) is 4. The lowest BCUT2D eigenvalue weighted by Crippen LogP contribution is -2.36. The summed E-state index contributed by atoms with van der Waals surface area (Å²) in [6.45, 7) is 4.74. The van der Waals surface area contributed by atoms with Crippen LogP contribution in [0.3, 0.4) is 0 Å². The Hall–Kier alpha value is -4.17. The number of aliphatic hydroxyl groups is 9. The molecule has 5 saturated heterocycles. The third-order valence-corrected chi connectivity index (χ3v) is 24.8. The summed E-state index contributed by atoms with van der Waals surface area (Å²) in [5, 5.41) is 89.1. The Morgan fingerprint density at radius 1 is 0.437 bits per heavy atom. The highest BCUT2D eigenvalue weighted by Gasteiger charge is 2.56. The van der Waals surface area contributed by atoms with Gasteiger partial charge in [0.05, 0.1) is 48.7 Å². The zero-order chi connectivity index (χ0) is 77.8. The Balaban J connectivity index is 0.000000219. The highest BCUT2D eigenvalue weighted by Crippen LogP contribution is 2.80. The summed E-state index contributed by atoms with van der Waals surface area (Å²) in [5.74, 6) is 0. The summed E-state index contributed by atoms with van der Waals surface area (Å²) >= 11 is 10.5. The Morgan fingerprint density at radius 2 is 0.718 bits per heavy atom. The lowest BCUT2D eigenvalue weighted by Gasteiger charge is -2.27. The fourth-order valence-electron chi connectivity index (χ4n) is 9.71. The molecule has 5 aliphatic rings. The average Bonchev–Trinajstić information content (AvgIpc) is 1.75. The van der Waals surface area contributed by atoms with Crippen molar-refractivity contribution in [2.45, 2.75) is 152 Å². The van der Waals surface area contributed by atoms with Gasteiger partial charge in [0, 0.05) is 51.0 Å². The number of hydrogen-bond acceptors (Lipinski definition) is 36. The summed E-state index contributed by atoms with van der Waals surface area (Å²) in [6.07, 6.45) is -21.7. The normalized spacial score (nSPS) is 32.6. The fourth-order valence-corrected chi connectivity index (χ4v) is 18.3. The van der Waals surface area contributed by atoms with Gasteiger partial charge in [0.2, 0.25) is 0 Å². The van der Waals surface area contributed by atoms with Crippen molar-refractivity contribution in [1.29, 1.82) is 0 Å². The Morgan fingerprint density at radius 3 is 0.990 bits per heavy atom. The first-order valence-corrected chi connectivity index (χ1v) is 41.3. The van der Waals surface area contributed by atoms with Gasteiger partial charge in [-0.1, -0.05) is 0 Å². The van der Waals surface area contributed by atoms with Crippen molar-refractivity contribution in [3.63, 3.8) is 0 Å². The van der Waals surface area contributed by atoms with Crippen molar-refractivity contribution in [3.05, 3.63) is 130 Å². The van der Waals surface area contributed by atoms with Gasteiger partial charge in [-0.3, -0.25) is 52.7 Å². The number of aryl methyl sites for hydroxylation is 4. The molecule has 5 fully saturated rings. The standard InChI is InChI=1S/C11H15Cl2N2O7P.C11H19N2O15P3.C11H17N2O14P3.C11H16N2O6/c1-2-15-3-5(10(18)14-11(15)19)9-8(17)7(16)6(22-9)4-21-23(12,13)20;1-2-13-3-5(10(16)12-11(13)17)9-8(15)7(14)6(26-9)4-25-30(21,22)28-31(23,24)27-29(18,19)20;1-2-13-3-5(10(16)12-11(13)17)9-8(15)7(14)6(24-9)4-23-30(22)26-28(18,19)25-29(20,21)27-30;1-2-13-3-5(10(17)12-11(13)18)9-8(16)7(15)6(4-14)19-9/h3,6-9,16-17H,2,4H2,1H3,(H,14,18,19);3,6-9,14-15H,2,4H2,1H3,(H,21,22)(H,23,24)(H,12,16,17)(H2,18,19,20);3,6-9,14-15H,2,4H2,1H3,(H,18,19)(H,20,21)(H,12,16,17);3,6-9,14-16H,2,4H2,1H3,(H,12,17,18)/t4*6-,7?,8+,9+/m1111/s1. The molecule has 0 amide bonds. The van der Waals surface area contributed by atoms with Gasteiger partial charge >= 0.3 is 75.8 Å². The van der Waals surface area contributed by atoms with Crippen molar-refractivity contribution in [2.24, 2.45) is 0 Å². The minimum Gasteiger partial charge on any atom is -0.394 e. The van der Waals surface area contributed by atoms with Crippen molar-refractivity contribution in [2.75, 3.05) is 26.4 Å². The van der Waals surface area contributed by atoms with Crippen LogP contribution in [0.15, 0.2) is 63.1 Å². The third-order valence-electron chi connectivity index (χ3n) is 14.6. The van der Waals surface area contributed by atoms with Crippen LogP contribution in [0, 0.1) is 0 Å². The maximum Gasteiger partial charge on any atom is 0.492 e. The second-order valence-corrected chi connectivity index (χ2v) is 35.2. The Kier molecular flexibility index (Phi) is 29.8. The molecule has 50 nitrogen and oxygen atoms in total. The highest BCUT2D eigenvalue weighted by atomic mass is 35.9. The molecule has 0 aliphatic carbocycles. The molecular weight excluding hydrogens is 1600 g/mol. The summed E-state index contributed by atoms with van der Waals surface area (Å²) in [5.41, 5.74) is -6.21. The minimum atomic E-state index is -5.74. The monoisotopic (exact) mass is 1670 g/mol. The molecule has 59 heteroatoms. The van der Waals surface area contributed by atoms with Gasteiger partial charge in [-0.05, 0) is 50.2 Å². The third kappa shape index (κ3) is 23.0. The number of aromatic nitrogens is 8. The van der Waals surface area contributed by atoms with E-state index in [0.717, 1.165) is 21.5 Å². The summed E-state index contributed by atoms with van der Waals surface area (Å²) in [4.78, 5) is 156. The van der Waals surface area contributed by atoms with Crippen LogP contribution >= 0.6 is 75.5 Å². The van der Waals surface area contributed by atoms with Gasteiger partial charge < -0.3 is 117 Å². The maximum absolute atomic E-state index is 12.2. The number of phosphoric ester groups is 1. The van der Waals surface area contributed by atoms with Gasteiger partial charge in [0.1, 0.15) is 97.7 Å². The lowest BCUT2D eigenvalue weighted by molar-refractivity contribution is -0.0237. The molecule has 20 atom stereocenters. The topological polar surface area (TPSA) is 753 Å². The van der Waals surface area contributed by atoms with E-state index in [1.54, 1.807) is 27.7 Å². The van der Waals surface area contributed by atoms with E-state index >= 15 is 0 Å². The molecule has 0 aromatic carbocycles. The maximum atomic E-state index is 12.2. The molecule has 19 N–H and O–H groups in total. The van der Waals surface area contributed by atoms with E-state index in [9.17, 15) is 126 Å². The summed E-state index contributed by atoms with van der Waals surface area (Å²) in [6, 6.07) is 0. The first kappa shape index (κ1) is 87.7. The fraction of sp³-hybridized carbons (Fsp3) is 0.636. The van der Waals surface area contributed by atoms with Crippen molar-refractivity contribution in [3.8, 4) is 0 Å². The molecule has 0 radical (unpaired) electrons. The smallest absolute Gasteiger partial charge is 0.394 e. The quantitative estimate of drug-likeness (QED) is 0.0328. The number of H-pyrrole nitrogens is 4. The van der Waals surface area contributed by atoms with E-state index in [1.807, 2.05) is 9.97 Å². The van der Waals surface area contributed by atoms with E-state index in [2.05, 4.69) is 45.1 Å². The molecule has 4 aromatic rings. The van der Waals surface area contributed by atoms with E-state index in [0.29, 0.717) is 13.1 Å². The second-order valence-electron chi connectivity index (χ2n) is 21.5. The van der Waals surface area contributed by atoms with Gasteiger partial charge in [-0.15, -0.1) is 0 Å². The molecule has 0 saturated carbocycles. The van der Waals surface area contributed by atoms with E-state index in [-0.39, 0.29) is 35.3 Å². The largest absolute Gasteiger partial charge is 0.492 e. The van der Waals surface area contributed by atoms with Crippen LogP contribution in [0.5, 0.6) is 0 Å². The van der Waals surface area contributed by atoms with Crippen LogP contribution < -0.4 is 45.0 Å². The van der Waals surface area contributed by atoms with Crippen LogP contribution in [0.1, 0.15) is 74.4 Å². The predicted octanol–water partition coefficient (Wildman–Crippen LogP) is -4.80. The molecule has 584 valence electrons. The second kappa shape index (κ2) is 35.0. The van der Waals surface area contributed by atoms with E-state index < -0.39 is 222 Å². The van der Waals surface area contributed by atoms with Crippen LogP contribution in [0.2, 0.25) is 0 Å². The number of ether oxygens (including phenoxy) is 4. The molecule has 103 heavy (non-hydrogen) atoms. The van der Waals surface area contributed by atoms with Crippen molar-refractivity contribution < 1.29 is 161 Å². The molecule has 0 bridgehead atoms. The minimum absolute atomic E-state index is 0.0274. The number of hydrogen-bond donors (Lipinski definition) is 19. The average molecular weight is 1670 g/mol. The van der Waals surface area contributed by atoms with Gasteiger partial charge in [-0.25, -0.2) is 46.6 Å². The predicted molar refractivity (Wildman–Crippen MR) is 335 cm³/mol. The number of rotatable bonds is 22. The van der Waals surface area contributed by atoms with Crippen LogP contribution in [0.4, 0.5) is 0 Å². The number of aliphatic hydroxyl groups excluding tert-OH is 9. The zero-order valence-corrected chi connectivity index (χ0v) is 60.4. The molecule has 8 unspecified atom stereocenters. The van der Waals surface area contributed by atoms with E-state index in [4.69, 9.17) is 61.2 Å². The molecule has 4 aromatic heterocycles. The Bertz CT molecular complexity index is 4530. The number of aromatic amines is 4. The van der Waals surface area contributed by atoms with Gasteiger partial charge in [-0.2, -0.15) is 21.6 Å². The zero-order valence-electron chi connectivity index (χ0n) is 52.6. The SMILES string of the molecule is CCn1cc([C@@H]2O[C@H](CO)C(O)[C@@H]2O)c(=O)[nH]c1=O.CCn1cc([C@@H]2O[C@H](COP(=O)(Cl)Cl)C(O)[C@@H]2O)c(=O)[nH]c1=O.CCn1cc([C@@H]2O[C@H](COP(=O)(O)OP(=O)(O)OP(=O)(O)O)C(O)[C@@H]2O)c(=O)[nH]c1=O.CCn1cc([C@@H]2O[C@H](COP3(=O)OP(=O)(O)OP(=O)(O)O3)C(O)[C@@H]2O)c(=O)[nH]c1=O. The first-order chi connectivity index (χ1) is 47.4. The summed E-state index contributed by atoms with van der Waals surface area (Å²) in [7, 11) is -32.4. The summed E-state index contributed by atoms with van der Waals surface area (Å²) < 4.78 is 138. The van der Waals surface area contributed by atoms with Gasteiger partial charge in [0.25, 0.3) is 22.2 Å². The molecule has 5 aliphatic heterocycles. The molecule has 9 rings (SSSR count). The van der Waals surface area contributed by atoms with Crippen LogP contribution in [-0.2, 0) is 112 Å². The van der Waals surface area contributed by atoms with Gasteiger partial charge in [0.15, 0.2) is 0 Å². The van der Waals surface area contributed by atoms with E-state index in [1.165, 1.54) is 21.5 Å². The number of halogens is 2. The molecule has 9 heterocycles. The highest BCUT2D eigenvalue weighted by molar-refractivity contribution is 8.05. The van der Waals surface area contributed by atoms with Crippen molar-refractivity contribution >= 4 is 75.5 Å². The number of phosphoric acid groups is 6. The number of nitrogens with one attached hydrogen (secondary N) is 4. The molecular formula is C44H67Cl2N8O42P7. The molecule has 0 spiro atoms. The lowest BCUT2D eigenvalue weighted by atomic mass is 10.0.